The second-order valence-corrected chi connectivity index (χ2v) is 7.70. The number of hydrogen-bond acceptors (Lipinski definition) is 3. The van der Waals surface area contributed by atoms with Crippen LogP contribution in [0.15, 0.2) is 24.3 Å². The average molecular weight is 345 g/mol. The fourth-order valence-electron chi connectivity index (χ4n) is 3.40. The lowest BCUT2D eigenvalue weighted by molar-refractivity contribution is 0.203. The Hall–Kier alpha value is -1.59. The number of rotatable bonds is 7. The lowest BCUT2D eigenvalue weighted by Crippen LogP contribution is -2.39. The van der Waals surface area contributed by atoms with Crippen molar-refractivity contribution in [3.8, 4) is 0 Å². The van der Waals surface area contributed by atoms with Crippen molar-refractivity contribution < 1.29 is 9.90 Å². The van der Waals surface area contributed by atoms with Crippen LogP contribution in [-0.2, 0) is 13.1 Å². The molecule has 0 aromatic heterocycles. The van der Waals surface area contributed by atoms with Crippen LogP contribution in [0.25, 0.3) is 0 Å². The highest BCUT2D eigenvalue weighted by Crippen LogP contribution is 2.44. The summed E-state index contributed by atoms with van der Waals surface area (Å²) in [4.78, 5) is 14.4. The molecule has 1 saturated carbocycles. The molecule has 5 nitrogen and oxygen atoms in total. The van der Waals surface area contributed by atoms with Crippen molar-refractivity contribution in [2.45, 2.75) is 51.6 Å². The zero-order valence-electron chi connectivity index (χ0n) is 15.1. The zero-order chi connectivity index (χ0) is 17.5. The van der Waals surface area contributed by atoms with E-state index in [0.29, 0.717) is 13.1 Å². The van der Waals surface area contributed by atoms with E-state index in [0.717, 1.165) is 24.9 Å². The Bertz CT molecular complexity index is 547. The molecule has 2 aliphatic rings. The first kappa shape index (κ1) is 18.2. The topological polar surface area (TPSA) is 64.6 Å². The first-order valence-corrected chi connectivity index (χ1v) is 9.62. The number of aliphatic hydroxyl groups excluding tert-OH is 1. The molecule has 5 heteroatoms. The number of carbonyl (C=O) groups is 1. The SMILES string of the molecule is O=C(NCc1ccc(CN2CCCCCC2)cc1)NCC1(CO)CC1. The van der Waals surface area contributed by atoms with E-state index in [1.165, 1.54) is 44.3 Å². The van der Waals surface area contributed by atoms with E-state index in [1.807, 2.05) is 0 Å². The Kier molecular flexibility index (Phi) is 6.32. The summed E-state index contributed by atoms with van der Waals surface area (Å²) >= 11 is 0. The third kappa shape index (κ3) is 5.72. The Morgan fingerprint density at radius 1 is 1.00 bits per heavy atom. The number of aliphatic hydroxyl groups is 1. The number of urea groups is 1. The quantitative estimate of drug-likeness (QED) is 0.712. The van der Waals surface area contributed by atoms with Gasteiger partial charge < -0.3 is 15.7 Å². The second-order valence-electron chi connectivity index (χ2n) is 7.70. The third-order valence-corrected chi connectivity index (χ3v) is 5.50. The Balaban J connectivity index is 1.39. The molecule has 0 unspecified atom stereocenters. The number of likely N-dealkylation sites (tertiary alicyclic amines) is 1. The highest BCUT2D eigenvalue weighted by atomic mass is 16.3. The van der Waals surface area contributed by atoms with Crippen molar-refractivity contribution in [1.82, 2.24) is 15.5 Å². The van der Waals surface area contributed by atoms with Crippen molar-refractivity contribution in [2.75, 3.05) is 26.2 Å². The van der Waals surface area contributed by atoms with E-state index in [1.54, 1.807) is 0 Å². The maximum atomic E-state index is 11.9. The molecule has 0 bridgehead atoms. The summed E-state index contributed by atoms with van der Waals surface area (Å²) in [6.07, 6.45) is 7.36. The fraction of sp³-hybridized carbons (Fsp3) is 0.650. The van der Waals surface area contributed by atoms with Crippen LogP contribution in [0.4, 0.5) is 4.79 Å². The summed E-state index contributed by atoms with van der Waals surface area (Å²) in [5.74, 6) is 0. The van der Waals surface area contributed by atoms with Gasteiger partial charge in [-0.05, 0) is 49.9 Å². The van der Waals surface area contributed by atoms with Gasteiger partial charge in [0.2, 0.25) is 0 Å². The second kappa shape index (κ2) is 8.68. The Morgan fingerprint density at radius 3 is 2.24 bits per heavy atom. The Labute approximate surface area is 150 Å². The molecule has 1 aliphatic carbocycles. The first-order chi connectivity index (χ1) is 12.2. The van der Waals surface area contributed by atoms with Gasteiger partial charge in [0.15, 0.2) is 0 Å². The summed E-state index contributed by atoms with van der Waals surface area (Å²) in [5.41, 5.74) is 2.40. The summed E-state index contributed by atoms with van der Waals surface area (Å²) in [6.45, 7) is 4.69. The van der Waals surface area contributed by atoms with Gasteiger partial charge in [-0.3, -0.25) is 4.90 Å². The van der Waals surface area contributed by atoms with Crippen LogP contribution in [0.5, 0.6) is 0 Å². The maximum absolute atomic E-state index is 11.9. The summed E-state index contributed by atoms with van der Waals surface area (Å²) < 4.78 is 0. The van der Waals surface area contributed by atoms with Gasteiger partial charge in [0, 0.05) is 25.0 Å². The smallest absolute Gasteiger partial charge is 0.315 e. The van der Waals surface area contributed by atoms with E-state index < -0.39 is 0 Å². The molecule has 2 amide bonds. The van der Waals surface area contributed by atoms with Gasteiger partial charge in [-0.2, -0.15) is 0 Å². The average Bonchev–Trinajstić information content (AvgIpc) is 3.45. The van der Waals surface area contributed by atoms with E-state index in [2.05, 4.69) is 39.8 Å². The molecule has 1 heterocycles. The lowest BCUT2D eigenvalue weighted by atomic mass is 10.1. The van der Waals surface area contributed by atoms with Gasteiger partial charge in [0.1, 0.15) is 0 Å². The predicted octanol–water partition coefficient (Wildman–Crippen LogP) is 2.63. The number of benzene rings is 1. The highest BCUT2D eigenvalue weighted by Gasteiger charge is 2.42. The molecular weight excluding hydrogens is 314 g/mol. The number of nitrogens with zero attached hydrogens (tertiary/aromatic N) is 1. The molecule has 0 radical (unpaired) electrons. The van der Waals surface area contributed by atoms with Crippen molar-refractivity contribution in [3.05, 3.63) is 35.4 Å². The van der Waals surface area contributed by atoms with Gasteiger partial charge >= 0.3 is 6.03 Å². The zero-order valence-corrected chi connectivity index (χ0v) is 15.1. The lowest BCUT2D eigenvalue weighted by Gasteiger charge is -2.19. The minimum atomic E-state index is -0.159. The highest BCUT2D eigenvalue weighted by molar-refractivity contribution is 5.73. The van der Waals surface area contributed by atoms with Crippen molar-refractivity contribution >= 4 is 6.03 Å². The van der Waals surface area contributed by atoms with Crippen LogP contribution in [0.1, 0.15) is 49.7 Å². The maximum Gasteiger partial charge on any atom is 0.315 e. The van der Waals surface area contributed by atoms with E-state index in [-0.39, 0.29) is 18.1 Å². The normalized spacial score (nSPS) is 19.9. The fourth-order valence-corrected chi connectivity index (χ4v) is 3.40. The molecular formula is C20H31N3O2. The van der Waals surface area contributed by atoms with Crippen LogP contribution in [-0.4, -0.2) is 42.3 Å². The molecule has 0 spiro atoms. The molecule has 3 rings (SSSR count). The minimum absolute atomic E-state index is 0.0493. The van der Waals surface area contributed by atoms with Crippen LogP contribution in [0, 0.1) is 5.41 Å². The molecule has 1 aromatic carbocycles. The molecule has 1 aromatic rings. The third-order valence-electron chi connectivity index (χ3n) is 5.50. The largest absolute Gasteiger partial charge is 0.396 e. The van der Waals surface area contributed by atoms with Gasteiger partial charge in [0.25, 0.3) is 0 Å². The standard InChI is InChI=1S/C20H31N3O2/c24-16-20(9-10-20)15-22-19(25)21-13-17-5-7-18(8-6-17)14-23-11-3-1-2-4-12-23/h5-8,24H,1-4,9-16H2,(H2,21,22,25). The Morgan fingerprint density at radius 2 is 1.64 bits per heavy atom. The van der Waals surface area contributed by atoms with E-state index >= 15 is 0 Å². The van der Waals surface area contributed by atoms with E-state index in [4.69, 9.17) is 0 Å². The minimum Gasteiger partial charge on any atom is -0.396 e. The first-order valence-electron chi connectivity index (χ1n) is 9.62. The van der Waals surface area contributed by atoms with Gasteiger partial charge in [-0.25, -0.2) is 4.79 Å². The molecule has 138 valence electrons. The number of hydrogen-bond donors (Lipinski definition) is 3. The molecule has 3 N–H and O–H groups in total. The number of amides is 2. The summed E-state index contributed by atoms with van der Waals surface area (Å²) in [6, 6.07) is 8.39. The van der Waals surface area contributed by atoms with Crippen molar-refractivity contribution in [2.24, 2.45) is 5.41 Å². The van der Waals surface area contributed by atoms with Gasteiger partial charge in [-0.15, -0.1) is 0 Å². The van der Waals surface area contributed by atoms with Gasteiger partial charge in [-0.1, -0.05) is 37.1 Å². The van der Waals surface area contributed by atoms with Crippen LogP contribution < -0.4 is 10.6 Å². The van der Waals surface area contributed by atoms with Crippen molar-refractivity contribution in [3.63, 3.8) is 0 Å². The van der Waals surface area contributed by atoms with Crippen LogP contribution in [0.2, 0.25) is 0 Å². The molecule has 0 atom stereocenters. The van der Waals surface area contributed by atoms with Crippen molar-refractivity contribution in [1.29, 1.82) is 0 Å². The molecule has 1 aliphatic heterocycles. The van der Waals surface area contributed by atoms with Crippen LogP contribution >= 0.6 is 0 Å². The number of nitrogens with one attached hydrogen (secondary N) is 2. The number of carbonyl (C=O) groups excluding carboxylic acids is 1. The molecule has 25 heavy (non-hydrogen) atoms. The van der Waals surface area contributed by atoms with Gasteiger partial charge in [0.05, 0.1) is 6.61 Å². The van der Waals surface area contributed by atoms with E-state index in [9.17, 15) is 9.90 Å². The monoisotopic (exact) mass is 345 g/mol. The van der Waals surface area contributed by atoms with Crippen LogP contribution in [0.3, 0.4) is 0 Å². The summed E-state index contributed by atoms with van der Waals surface area (Å²) in [7, 11) is 0. The predicted molar refractivity (Wildman–Crippen MR) is 99.2 cm³/mol. The molecule has 1 saturated heterocycles. The molecule has 2 fully saturated rings. The summed E-state index contributed by atoms with van der Waals surface area (Å²) in [5, 5.41) is 15.0.